The molecule has 0 N–H and O–H groups in total. The lowest BCUT2D eigenvalue weighted by atomic mass is 10.1. The van der Waals surface area contributed by atoms with E-state index in [2.05, 4.69) is 69.1 Å². The van der Waals surface area contributed by atoms with E-state index >= 15 is 0 Å². The predicted molar refractivity (Wildman–Crippen MR) is 102 cm³/mol. The minimum Gasteiger partial charge on any atom is -0.299 e. The van der Waals surface area contributed by atoms with Crippen molar-refractivity contribution in [2.24, 2.45) is 7.05 Å². The van der Waals surface area contributed by atoms with Gasteiger partial charge in [0.2, 0.25) is 0 Å². The first-order valence-electron chi connectivity index (χ1n) is 8.69. The summed E-state index contributed by atoms with van der Waals surface area (Å²) >= 11 is 0. The van der Waals surface area contributed by atoms with Gasteiger partial charge in [-0.05, 0) is 43.8 Å². The van der Waals surface area contributed by atoms with Crippen molar-refractivity contribution in [1.29, 1.82) is 0 Å². The molecule has 0 spiro atoms. The van der Waals surface area contributed by atoms with Crippen LogP contribution in [0, 0.1) is 0 Å². The normalized spacial score (nSPS) is 12.8. The zero-order valence-corrected chi connectivity index (χ0v) is 15.2. The predicted octanol–water partition coefficient (Wildman–Crippen LogP) is 3.35. The van der Waals surface area contributed by atoms with Gasteiger partial charge in [0, 0.05) is 25.3 Å². The second kappa shape index (κ2) is 6.72. The average molecular weight is 346 g/mol. The maximum absolute atomic E-state index is 4.47. The van der Waals surface area contributed by atoms with Crippen LogP contribution in [0.15, 0.2) is 61.1 Å². The Balaban J connectivity index is 1.54. The summed E-state index contributed by atoms with van der Waals surface area (Å²) in [7, 11) is 4.04. The van der Waals surface area contributed by atoms with Crippen molar-refractivity contribution in [2.45, 2.75) is 19.5 Å². The van der Waals surface area contributed by atoms with E-state index < -0.39 is 0 Å². The molecule has 0 fully saturated rings. The van der Waals surface area contributed by atoms with Crippen LogP contribution in [0.1, 0.15) is 24.2 Å². The Morgan fingerprint density at radius 2 is 1.85 bits per heavy atom. The Kier molecular flexibility index (Phi) is 4.26. The fourth-order valence-electron chi connectivity index (χ4n) is 3.18. The molecule has 0 aliphatic rings. The quantitative estimate of drug-likeness (QED) is 0.556. The van der Waals surface area contributed by atoms with Gasteiger partial charge in [0.05, 0.1) is 22.9 Å². The van der Waals surface area contributed by atoms with Crippen LogP contribution in [0.25, 0.3) is 16.7 Å². The molecule has 0 amide bonds. The highest BCUT2D eigenvalue weighted by Crippen LogP contribution is 2.23. The van der Waals surface area contributed by atoms with Crippen molar-refractivity contribution >= 4 is 11.0 Å². The fourth-order valence-corrected chi connectivity index (χ4v) is 3.18. The third-order valence-corrected chi connectivity index (χ3v) is 4.99. The van der Waals surface area contributed by atoms with Crippen LogP contribution in [0.3, 0.4) is 0 Å². The number of rotatable bonds is 5. The lowest BCUT2D eigenvalue weighted by Gasteiger charge is -2.25. The number of benzene rings is 2. The molecule has 1 atom stereocenters. The maximum Gasteiger partial charge on any atom is 0.100 e. The van der Waals surface area contributed by atoms with Gasteiger partial charge >= 0.3 is 0 Å². The number of aryl methyl sites for hydroxylation is 1. The van der Waals surface area contributed by atoms with Gasteiger partial charge < -0.3 is 0 Å². The number of fused-ring (bicyclic) bond motifs is 1. The van der Waals surface area contributed by atoms with Crippen LogP contribution in [-0.2, 0) is 13.6 Å². The lowest BCUT2D eigenvalue weighted by molar-refractivity contribution is 0.246. The third kappa shape index (κ3) is 2.99. The van der Waals surface area contributed by atoms with E-state index in [1.807, 2.05) is 42.5 Å². The van der Waals surface area contributed by atoms with Crippen LogP contribution in [0.5, 0.6) is 0 Å². The van der Waals surface area contributed by atoms with Gasteiger partial charge in [0.1, 0.15) is 6.33 Å². The van der Waals surface area contributed by atoms with E-state index in [4.69, 9.17) is 0 Å². The van der Waals surface area contributed by atoms with Gasteiger partial charge in [-0.2, -0.15) is 0 Å². The minimum atomic E-state index is 0.290. The summed E-state index contributed by atoms with van der Waals surface area (Å²) in [6.07, 6.45) is 3.70. The topological polar surface area (TPSA) is 51.8 Å². The third-order valence-electron chi connectivity index (χ3n) is 4.99. The monoisotopic (exact) mass is 346 g/mol. The molecular weight excluding hydrogens is 324 g/mol. The highest BCUT2D eigenvalue weighted by molar-refractivity contribution is 5.77. The Morgan fingerprint density at radius 3 is 2.58 bits per heavy atom. The summed E-state index contributed by atoms with van der Waals surface area (Å²) in [5.74, 6) is 0. The molecule has 2 heterocycles. The number of aromatic nitrogens is 5. The van der Waals surface area contributed by atoms with E-state index in [0.29, 0.717) is 6.04 Å². The van der Waals surface area contributed by atoms with Gasteiger partial charge in [-0.15, -0.1) is 5.10 Å². The molecule has 6 heteroatoms. The number of hydrogen-bond donors (Lipinski definition) is 0. The van der Waals surface area contributed by atoms with E-state index in [1.165, 1.54) is 5.56 Å². The number of hydrogen-bond acceptors (Lipinski definition) is 4. The van der Waals surface area contributed by atoms with E-state index in [1.54, 1.807) is 0 Å². The highest BCUT2D eigenvalue weighted by Gasteiger charge is 2.14. The number of para-hydroxylation sites is 2. The molecule has 0 saturated heterocycles. The molecule has 2 aromatic heterocycles. The van der Waals surface area contributed by atoms with Crippen molar-refractivity contribution in [1.82, 2.24) is 29.4 Å². The van der Waals surface area contributed by atoms with Gasteiger partial charge in [-0.3, -0.25) is 14.1 Å². The van der Waals surface area contributed by atoms with Crippen molar-refractivity contribution in [3.05, 3.63) is 72.3 Å². The fraction of sp³-hybridized carbons (Fsp3) is 0.250. The lowest BCUT2D eigenvalue weighted by Crippen LogP contribution is -2.23. The molecule has 0 aliphatic carbocycles. The van der Waals surface area contributed by atoms with Crippen LogP contribution in [0.2, 0.25) is 0 Å². The summed E-state index contributed by atoms with van der Waals surface area (Å²) in [5, 5.41) is 7.95. The van der Waals surface area contributed by atoms with E-state index in [0.717, 1.165) is 29.0 Å². The minimum absolute atomic E-state index is 0.290. The van der Waals surface area contributed by atoms with Crippen molar-refractivity contribution < 1.29 is 0 Å². The van der Waals surface area contributed by atoms with Crippen LogP contribution in [-0.4, -0.2) is 36.5 Å². The molecule has 0 saturated carbocycles. The summed E-state index contributed by atoms with van der Waals surface area (Å²) in [6, 6.07) is 17.1. The van der Waals surface area contributed by atoms with Gasteiger partial charge in [-0.25, -0.2) is 4.98 Å². The number of nitrogens with zero attached hydrogens (tertiary/aromatic N) is 6. The van der Waals surface area contributed by atoms with Gasteiger partial charge in [0.15, 0.2) is 0 Å². The molecule has 0 bridgehead atoms. The van der Waals surface area contributed by atoms with Crippen LogP contribution >= 0.6 is 0 Å². The second-order valence-corrected chi connectivity index (χ2v) is 6.63. The number of imidazole rings is 1. The molecule has 6 nitrogen and oxygen atoms in total. The molecule has 0 aliphatic heterocycles. The van der Waals surface area contributed by atoms with Gasteiger partial charge in [0.25, 0.3) is 0 Å². The molecule has 26 heavy (non-hydrogen) atoms. The maximum atomic E-state index is 4.47. The van der Waals surface area contributed by atoms with Crippen LogP contribution in [0.4, 0.5) is 0 Å². The first-order chi connectivity index (χ1) is 12.6. The van der Waals surface area contributed by atoms with E-state index in [-0.39, 0.29) is 0 Å². The van der Waals surface area contributed by atoms with E-state index in [9.17, 15) is 0 Å². The molecule has 0 unspecified atom stereocenters. The average Bonchev–Trinajstić information content (AvgIpc) is 3.28. The second-order valence-electron chi connectivity index (χ2n) is 6.63. The first-order valence-corrected chi connectivity index (χ1v) is 8.69. The zero-order valence-electron chi connectivity index (χ0n) is 15.2. The molecular formula is C20H22N6. The largest absolute Gasteiger partial charge is 0.299 e. The Labute approximate surface area is 152 Å². The molecule has 4 rings (SSSR count). The van der Waals surface area contributed by atoms with Crippen LogP contribution < -0.4 is 0 Å². The summed E-state index contributed by atoms with van der Waals surface area (Å²) in [4.78, 5) is 6.76. The molecule has 4 aromatic rings. The highest BCUT2D eigenvalue weighted by atomic mass is 15.4. The standard InChI is InChI=1S/C20H22N6/c1-15(24(2)13-18-12-22-23-25(18)3)16-8-10-17(11-9-16)26-14-21-19-6-4-5-7-20(19)26/h4-12,14-15H,13H2,1-3H3/t15-/m0/s1. The first kappa shape index (κ1) is 16.5. The molecule has 132 valence electrons. The molecule has 2 aromatic carbocycles. The summed E-state index contributed by atoms with van der Waals surface area (Å²) in [6.45, 7) is 3.02. The summed E-state index contributed by atoms with van der Waals surface area (Å²) in [5.41, 5.74) is 5.62. The van der Waals surface area contributed by atoms with Crippen molar-refractivity contribution in [3.8, 4) is 5.69 Å². The Morgan fingerprint density at radius 1 is 1.08 bits per heavy atom. The Hall–Kier alpha value is -2.99. The molecule has 0 radical (unpaired) electrons. The van der Waals surface area contributed by atoms with Gasteiger partial charge in [-0.1, -0.05) is 29.5 Å². The van der Waals surface area contributed by atoms with Crippen molar-refractivity contribution in [3.63, 3.8) is 0 Å². The zero-order chi connectivity index (χ0) is 18.1. The Bertz CT molecular complexity index is 1010. The van der Waals surface area contributed by atoms with Crippen molar-refractivity contribution in [2.75, 3.05) is 7.05 Å². The smallest absolute Gasteiger partial charge is 0.100 e. The SMILES string of the molecule is C[C@@H](c1ccc(-n2cnc3ccccc32)cc1)N(C)Cc1cnnn1C. The summed E-state index contributed by atoms with van der Waals surface area (Å²) < 4.78 is 3.94.